The summed E-state index contributed by atoms with van der Waals surface area (Å²) >= 11 is 0. The van der Waals surface area contributed by atoms with Gasteiger partial charge in [0, 0.05) is 17.6 Å². The van der Waals surface area contributed by atoms with Crippen LogP contribution in [0.15, 0.2) is 60.2 Å². The number of unbranched alkanes of at least 4 members (excludes halogenated alkanes) is 1. The third-order valence-electron chi connectivity index (χ3n) is 8.91. The Balaban J connectivity index is 1.37. The molecule has 0 radical (unpaired) electrons. The lowest BCUT2D eigenvalue weighted by atomic mass is 9.52. The maximum Gasteiger partial charge on any atom is 0.412 e. The summed E-state index contributed by atoms with van der Waals surface area (Å²) in [5.41, 5.74) is 2.62. The van der Waals surface area contributed by atoms with Crippen LogP contribution in [0.2, 0.25) is 0 Å². The average molecular weight is 485 g/mol. The van der Waals surface area contributed by atoms with Crippen LogP contribution in [-0.4, -0.2) is 17.9 Å². The highest BCUT2D eigenvalue weighted by molar-refractivity contribution is 5.42. The highest BCUT2D eigenvalue weighted by Crippen LogP contribution is 2.65. The number of benzene rings is 2. The summed E-state index contributed by atoms with van der Waals surface area (Å²) in [4.78, 5) is 0. The second kappa shape index (κ2) is 9.65. The number of alkyl halides is 3. The predicted molar refractivity (Wildman–Crippen MR) is 131 cm³/mol. The summed E-state index contributed by atoms with van der Waals surface area (Å²) in [7, 11) is 0. The zero-order chi connectivity index (χ0) is 24.6. The van der Waals surface area contributed by atoms with Gasteiger partial charge in [-0.1, -0.05) is 55.8 Å². The SMILES string of the molecule is C[C@]12CC[C@@H]3c4ccc(OCc5ccccc5)cc4CC[C@H]3[C@@H]1[C@H](CCCCO)C=C2C(F)(F)F. The normalized spacial score (nSPS) is 29.7. The number of hydrogen-bond donors (Lipinski definition) is 1. The molecule has 0 aliphatic heterocycles. The summed E-state index contributed by atoms with van der Waals surface area (Å²) in [6.45, 7) is 2.49. The lowest BCUT2D eigenvalue weighted by Crippen LogP contribution is -2.45. The molecule has 1 fully saturated rings. The molecule has 0 bridgehead atoms. The van der Waals surface area contributed by atoms with E-state index in [0.717, 1.165) is 43.4 Å². The van der Waals surface area contributed by atoms with E-state index in [2.05, 4.69) is 12.1 Å². The van der Waals surface area contributed by atoms with Crippen molar-refractivity contribution in [3.8, 4) is 5.75 Å². The summed E-state index contributed by atoms with van der Waals surface area (Å²) < 4.78 is 48.4. The van der Waals surface area contributed by atoms with E-state index >= 15 is 0 Å². The fourth-order valence-electron chi connectivity index (χ4n) is 7.42. The Hall–Kier alpha value is -2.27. The molecule has 35 heavy (non-hydrogen) atoms. The monoisotopic (exact) mass is 484 g/mol. The number of aryl methyl sites for hydroxylation is 1. The van der Waals surface area contributed by atoms with Gasteiger partial charge in [0.25, 0.3) is 0 Å². The van der Waals surface area contributed by atoms with E-state index < -0.39 is 11.6 Å². The van der Waals surface area contributed by atoms with Gasteiger partial charge in [-0.05, 0) is 91.0 Å². The Morgan fingerprint density at radius 1 is 1.06 bits per heavy atom. The van der Waals surface area contributed by atoms with E-state index in [1.165, 1.54) is 11.1 Å². The Morgan fingerprint density at radius 2 is 1.86 bits per heavy atom. The lowest BCUT2D eigenvalue weighted by Gasteiger charge is -2.52. The number of aliphatic hydroxyl groups is 1. The first-order chi connectivity index (χ1) is 16.8. The van der Waals surface area contributed by atoms with Crippen LogP contribution in [0.5, 0.6) is 5.75 Å². The van der Waals surface area contributed by atoms with E-state index in [9.17, 15) is 18.3 Å². The molecule has 0 aromatic heterocycles. The Labute approximate surface area is 206 Å². The van der Waals surface area contributed by atoms with Gasteiger partial charge in [-0.25, -0.2) is 0 Å². The fraction of sp³-hybridized carbons (Fsp3) is 0.533. The summed E-state index contributed by atoms with van der Waals surface area (Å²) in [6.07, 6.45) is 2.62. The Bertz CT molecular complexity index is 1060. The second-order valence-corrected chi connectivity index (χ2v) is 10.9. The smallest absolute Gasteiger partial charge is 0.412 e. The van der Waals surface area contributed by atoms with E-state index in [0.29, 0.717) is 25.4 Å². The minimum Gasteiger partial charge on any atom is -0.489 e. The quantitative estimate of drug-likeness (QED) is 0.324. The first-order valence-corrected chi connectivity index (χ1v) is 13.0. The van der Waals surface area contributed by atoms with Gasteiger partial charge < -0.3 is 9.84 Å². The van der Waals surface area contributed by atoms with Gasteiger partial charge in [-0.3, -0.25) is 0 Å². The van der Waals surface area contributed by atoms with Crippen molar-refractivity contribution in [2.24, 2.45) is 23.2 Å². The van der Waals surface area contributed by atoms with E-state index in [1.807, 2.05) is 43.3 Å². The van der Waals surface area contributed by atoms with Crippen LogP contribution in [0.3, 0.4) is 0 Å². The summed E-state index contributed by atoms with van der Waals surface area (Å²) in [5, 5.41) is 9.22. The molecule has 2 nitrogen and oxygen atoms in total. The Kier molecular flexibility index (Phi) is 6.73. The van der Waals surface area contributed by atoms with Crippen molar-refractivity contribution < 1.29 is 23.0 Å². The molecule has 188 valence electrons. The molecular weight excluding hydrogens is 449 g/mol. The number of fused-ring (bicyclic) bond motifs is 5. The molecule has 2 aromatic rings. The maximum atomic E-state index is 14.1. The molecule has 3 aliphatic carbocycles. The standard InChI is InChI=1S/C30H35F3O2/c1-29-15-14-25-24-13-11-23(35-19-20-7-3-2-4-8-20)17-21(24)10-12-26(25)28(29)22(9-5-6-16-34)18-27(29)30(31,32)33/h2-4,7-8,11,13,17-18,22,25-26,28,34H,5-6,9-10,12,14-16,19H2,1H3/t22-,25-,26-,28+,29-/m1/s1. The number of rotatable bonds is 7. The van der Waals surface area contributed by atoms with Crippen molar-refractivity contribution in [3.63, 3.8) is 0 Å². The van der Waals surface area contributed by atoms with Crippen LogP contribution in [-0.2, 0) is 13.0 Å². The molecule has 1 N–H and O–H groups in total. The van der Waals surface area contributed by atoms with Gasteiger partial charge in [0.1, 0.15) is 12.4 Å². The van der Waals surface area contributed by atoms with Crippen molar-refractivity contribution in [3.05, 3.63) is 76.9 Å². The van der Waals surface area contributed by atoms with Crippen LogP contribution in [0.1, 0.15) is 68.1 Å². The molecule has 0 spiro atoms. The van der Waals surface area contributed by atoms with Gasteiger partial charge in [0.15, 0.2) is 0 Å². The molecular formula is C30H35F3O2. The summed E-state index contributed by atoms with van der Waals surface area (Å²) in [6, 6.07) is 16.4. The van der Waals surface area contributed by atoms with Crippen molar-refractivity contribution in [2.45, 2.75) is 70.6 Å². The van der Waals surface area contributed by atoms with Crippen molar-refractivity contribution in [1.82, 2.24) is 0 Å². The predicted octanol–water partition coefficient (Wildman–Crippen LogP) is 7.61. The minimum absolute atomic E-state index is 0.0127. The van der Waals surface area contributed by atoms with Gasteiger partial charge in [-0.2, -0.15) is 13.2 Å². The molecule has 5 heteroatoms. The van der Waals surface area contributed by atoms with Crippen molar-refractivity contribution in [1.29, 1.82) is 0 Å². The number of hydrogen-bond acceptors (Lipinski definition) is 2. The maximum absolute atomic E-state index is 14.1. The number of ether oxygens (including phenoxy) is 1. The summed E-state index contributed by atoms with van der Waals surface area (Å²) in [5.74, 6) is 1.37. The molecule has 2 aromatic carbocycles. The van der Waals surface area contributed by atoms with E-state index in [-0.39, 0.29) is 29.9 Å². The highest BCUT2D eigenvalue weighted by atomic mass is 19.4. The van der Waals surface area contributed by atoms with Crippen LogP contribution in [0.25, 0.3) is 0 Å². The second-order valence-electron chi connectivity index (χ2n) is 10.9. The van der Waals surface area contributed by atoms with Crippen LogP contribution in [0.4, 0.5) is 13.2 Å². The van der Waals surface area contributed by atoms with Crippen LogP contribution in [0, 0.1) is 23.2 Å². The highest BCUT2D eigenvalue weighted by Gasteiger charge is 2.60. The molecule has 0 unspecified atom stereocenters. The first kappa shape index (κ1) is 24.4. The molecule has 5 rings (SSSR count). The van der Waals surface area contributed by atoms with Gasteiger partial charge in [0.2, 0.25) is 0 Å². The van der Waals surface area contributed by atoms with Gasteiger partial charge in [-0.15, -0.1) is 0 Å². The van der Waals surface area contributed by atoms with Crippen LogP contribution >= 0.6 is 0 Å². The topological polar surface area (TPSA) is 29.5 Å². The molecule has 5 atom stereocenters. The van der Waals surface area contributed by atoms with Crippen LogP contribution < -0.4 is 4.74 Å². The fourth-order valence-corrected chi connectivity index (χ4v) is 7.42. The third kappa shape index (κ3) is 4.64. The largest absolute Gasteiger partial charge is 0.489 e. The number of halogens is 3. The zero-order valence-corrected chi connectivity index (χ0v) is 20.4. The molecule has 1 saturated carbocycles. The first-order valence-electron chi connectivity index (χ1n) is 13.0. The third-order valence-corrected chi connectivity index (χ3v) is 8.91. The molecule has 3 aliphatic rings. The number of allylic oxidation sites excluding steroid dienone is 2. The van der Waals surface area contributed by atoms with Crippen molar-refractivity contribution >= 4 is 0 Å². The van der Waals surface area contributed by atoms with Gasteiger partial charge >= 0.3 is 6.18 Å². The van der Waals surface area contributed by atoms with E-state index in [4.69, 9.17) is 4.74 Å². The molecule has 0 amide bonds. The minimum atomic E-state index is -4.27. The average Bonchev–Trinajstić information content (AvgIpc) is 3.16. The Morgan fingerprint density at radius 3 is 2.60 bits per heavy atom. The van der Waals surface area contributed by atoms with Gasteiger partial charge in [0.05, 0.1) is 0 Å². The molecule has 0 heterocycles. The molecule has 0 saturated heterocycles. The number of aliphatic hydroxyl groups excluding tert-OH is 1. The lowest BCUT2D eigenvalue weighted by molar-refractivity contribution is -0.115. The van der Waals surface area contributed by atoms with E-state index in [1.54, 1.807) is 6.08 Å². The van der Waals surface area contributed by atoms with Crippen molar-refractivity contribution in [2.75, 3.05) is 6.61 Å². The zero-order valence-electron chi connectivity index (χ0n) is 20.4.